The van der Waals surface area contributed by atoms with Gasteiger partial charge >= 0.3 is 0 Å². The Hall–Kier alpha value is -4.48. The van der Waals surface area contributed by atoms with E-state index in [-0.39, 0.29) is 41.5 Å². The Morgan fingerprint density at radius 3 is 2.59 bits per heavy atom. The SMILES string of the molecule is O=C(NCc1ccc2c(c1)OCO2)c1ccc(N2C[C@H]3C[C@@H](C2)c2cccc(=O)n2C3)c(NS(=O)(=O)c2ccc(Cl)cc2)c1. The number of amides is 1. The molecule has 0 spiro atoms. The molecule has 2 atom stereocenters. The number of piperidine rings is 1. The quantitative estimate of drug-likeness (QED) is 0.306. The molecule has 0 unspecified atom stereocenters. The number of aromatic nitrogens is 1. The Morgan fingerprint density at radius 1 is 0.932 bits per heavy atom. The van der Waals surface area contributed by atoms with Gasteiger partial charge in [-0.25, -0.2) is 8.42 Å². The lowest BCUT2D eigenvalue weighted by Crippen LogP contribution is -2.47. The minimum Gasteiger partial charge on any atom is -0.454 e. The summed E-state index contributed by atoms with van der Waals surface area (Å²) in [5.41, 5.74) is 3.08. The van der Waals surface area contributed by atoms with E-state index in [0.717, 1.165) is 17.7 Å². The molecule has 4 heterocycles. The van der Waals surface area contributed by atoms with Gasteiger partial charge in [0.2, 0.25) is 6.79 Å². The number of halogens is 1. The largest absolute Gasteiger partial charge is 0.454 e. The summed E-state index contributed by atoms with van der Waals surface area (Å²) in [5.74, 6) is 1.25. The third-order valence-corrected chi connectivity index (χ3v) is 9.97. The number of rotatable bonds is 7. The number of pyridine rings is 1. The van der Waals surface area contributed by atoms with Gasteiger partial charge in [0.25, 0.3) is 21.5 Å². The molecule has 1 amide bonds. The number of nitrogens with zero attached hydrogens (tertiary/aromatic N) is 2. The number of hydrogen-bond donors (Lipinski definition) is 2. The van der Waals surface area contributed by atoms with Crippen LogP contribution >= 0.6 is 11.6 Å². The average molecular weight is 633 g/mol. The maximum atomic E-state index is 13.5. The third kappa shape index (κ3) is 5.48. The molecule has 3 aliphatic heterocycles. The van der Waals surface area contributed by atoms with E-state index < -0.39 is 10.0 Å². The van der Waals surface area contributed by atoms with E-state index in [1.54, 1.807) is 36.4 Å². The molecule has 4 aromatic rings. The fourth-order valence-electron chi connectivity index (χ4n) is 6.28. The van der Waals surface area contributed by atoms with Crippen LogP contribution in [0.3, 0.4) is 0 Å². The maximum Gasteiger partial charge on any atom is 0.261 e. The first-order chi connectivity index (χ1) is 21.2. The number of carbonyl (C=O) groups excluding carboxylic acids is 1. The predicted molar refractivity (Wildman–Crippen MR) is 166 cm³/mol. The molecule has 1 aromatic heterocycles. The molecule has 226 valence electrons. The van der Waals surface area contributed by atoms with Crippen LogP contribution in [0.1, 0.15) is 34.0 Å². The van der Waals surface area contributed by atoms with Crippen molar-refractivity contribution in [2.45, 2.75) is 30.3 Å². The third-order valence-electron chi connectivity index (χ3n) is 8.34. The molecular formula is C32H29ClN4O6S. The Bertz CT molecular complexity index is 1930. The maximum absolute atomic E-state index is 13.5. The predicted octanol–water partition coefficient (Wildman–Crippen LogP) is 4.58. The summed E-state index contributed by atoms with van der Waals surface area (Å²) in [6.45, 7) is 2.26. The molecule has 1 fully saturated rings. The molecule has 0 aliphatic carbocycles. The van der Waals surface area contributed by atoms with Crippen molar-refractivity contribution in [1.82, 2.24) is 9.88 Å². The van der Waals surface area contributed by atoms with Crippen LogP contribution in [-0.4, -0.2) is 38.8 Å². The standard InChI is InChI=1S/C32H29ClN4O6S/c33-24-6-8-25(9-7-24)44(40,41)35-26-14-22(32(39)34-15-20-4-11-29-30(13-20)43-19-42-29)5-10-28(26)36-16-21-12-23(18-36)27-2-1-3-31(38)37(27)17-21/h1-11,13-14,21,23,35H,12,15-19H2,(H,34,39)/t21-,23+/m1/s1. The van der Waals surface area contributed by atoms with Gasteiger partial charge in [-0.3, -0.25) is 14.3 Å². The molecule has 3 aromatic carbocycles. The van der Waals surface area contributed by atoms with Crippen molar-refractivity contribution in [3.63, 3.8) is 0 Å². The number of nitrogens with one attached hydrogen (secondary N) is 2. The van der Waals surface area contributed by atoms with E-state index >= 15 is 0 Å². The fraction of sp³-hybridized carbons (Fsp3) is 0.250. The number of sulfonamides is 1. The first-order valence-corrected chi connectivity index (χ1v) is 16.1. The molecule has 0 radical (unpaired) electrons. The lowest BCUT2D eigenvalue weighted by Gasteiger charge is -2.44. The molecule has 44 heavy (non-hydrogen) atoms. The molecule has 2 bridgehead atoms. The van der Waals surface area contributed by atoms with Crippen LogP contribution in [0.2, 0.25) is 5.02 Å². The van der Waals surface area contributed by atoms with Gasteiger partial charge in [0.05, 0.1) is 16.3 Å². The highest BCUT2D eigenvalue weighted by Gasteiger charge is 2.35. The van der Waals surface area contributed by atoms with E-state index in [0.29, 0.717) is 53.1 Å². The second kappa shape index (κ2) is 11.2. The van der Waals surface area contributed by atoms with Crippen LogP contribution in [0.4, 0.5) is 11.4 Å². The van der Waals surface area contributed by atoms with Crippen molar-refractivity contribution in [1.29, 1.82) is 0 Å². The molecule has 2 N–H and O–H groups in total. The monoisotopic (exact) mass is 632 g/mol. The number of carbonyl (C=O) groups is 1. The van der Waals surface area contributed by atoms with Crippen LogP contribution in [0.25, 0.3) is 0 Å². The van der Waals surface area contributed by atoms with E-state index in [1.165, 1.54) is 24.3 Å². The lowest BCUT2D eigenvalue weighted by molar-refractivity contribution is 0.0951. The zero-order valence-corrected chi connectivity index (χ0v) is 25.1. The Morgan fingerprint density at radius 2 is 1.75 bits per heavy atom. The smallest absolute Gasteiger partial charge is 0.261 e. The number of ether oxygens (including phenoxy) is 2. The van der Waals surface area contributed by atoms with Crippen molar-refractivity contribution in [2.24, 2.45) is 5.92 Å². The molecule has 7 rings (SSSR count). The topological polar surface area (TPSA) is 119 Å². The van der Waals surface area contributed by atoms with Crippen molar-refractivity contribution >= 4 is 38.9 Å². The Balaban J connectivity index is 1.18. The van der Waals surface area contributed by atoms with Gasteiger partial charge in [-0.1, -0.05) is 23.7 Å². The number of benzene rings is 3. The van der Waals surface area contributed by atoms with Gasteiger partial charge in [0, 0.05) is 54.4 Å². The second-order valence-electron chi connectivity index (χ2n) is 11.3. The fourth-order valence-corrected chi connectivity index (χ4v) is 7.47. The molecule has 1 saturated heterocycles. The highest BCUT2D eigenvalue weighted by atomic mass is 35.5. The normalized spacial score (nSPS) is 18.4. The van der Waals surface area contributed by atoms with Crippen LogP contribution in [0, 0.1) is 5.92 Å². The van der Waals surface area contributed by atoms with E-state index in [4.69, 9.17) is 21.1 Å². The van der Waals surface area contributed by atoms with Gasteiger partial charge in [0.1, 0.15) is 0 Å². The summed E-state index contributed by atoms with van der Waals surface area (Å²) >= 11 is 6.00. The molecule has 0 saturated carbocycles. The van der Waals surface area contributed by atoms with Gasteiger partial charge < -0.3 is 24.3 Å². The summed E-state index contributed by atoms with van der Waals surface area (Å²) in [4.78, 5) is 28.0. The minimum atomic E-state index is -4.01. The zero-order valence-electron chi connectivity index (χ0n) is 23.5. The summed E-state index contributed by atoms with van der Waals surface area (Å²) in [6, 6.07) is 21.8. The van der Waals surface area contributed by atoms with Crippen molar-refractivity contribution in [3.05, 3.63) is 111 Å². The van der Waals surface area contributed by atoms with E-state index in [2.05, 4.69) is 14.9 Å². The molecule has 10 nitrogen and oxygen atoms in total. The Labute approximate surface area is 259 Å². The summed E-state index contributed by atoms with van der Waals surface area (Å²) < 4.78 is 42.4. The first-order valence-electron chi connectivity index (χ1n) is 14.3. The highest BCUT2D eigenvalue weighted by molar-refractivity contribution is 7.92. The van der Waals surface area contributed by atoms with Crippen LogP contribution in [0.15, 0.2) is 88.6 Å². The van der Waals surface area contributed by atoms with Crippen LogP contribution < -0.4 is 30.0 Å². The lowest BCUT2D eigenvalue weighted by atomic mass is 9.83. The second-order valence-corrected chi connectivity index (χ2v) is 13.4. The number of hydrogen-bond acceptors (Lipinski definition) is 7. The van der Waals surface area contributed by atoms with Crippen molar-refractivity contribution < 1.29 is 22.7 Å². The molecule has 3 aliphatic rings. The summed E-state index contributed by atoms with van der Waals surface area (Å²) in [7, 11) is -4.01. The molecular weight excluding hydrogens is 604 g/mol. The van der Waals surface area contributed by atoms with Crippen molar-refractivity contribution in [3.8, 4) is 11.5 Å². The zero-order chi connectivity index (χ0) is 30.4. The highest BCUT2D eigenvalue weighted by Crippen LogP contribution is 2.40. The van der Waals surface area contributed by atoms with Gasteiger partial charge in [-0.05, 0) is 78.6 Å². The Kier molecular flexibility index (Phi) is 7.22. The molecule has 12 heteroatoms. The van der Waals surface area contributed by atoms with Crippen LogP contribution in [0.5, 0.6) is 11.5 Å². The minimum absolute atomic E-state index is 0.00169. The summed E-state index contributed by atoms with van der Waals surface area (Å²) in [5, 5.41) is 3.33. The number of anilines is 2. The summed E-state index contributed by atoms with van der Waals surface area (Å²) in [6.07, 6.45) is 0.951. The van der Waals surface area contributed by atoms with Gasteiger partial charge in [-0.15, -0.1) is 0 Å². The van der Waals surface area contributed by atoms with Gasteiger partial charge in [-0.2, -0.15) is 0 Å². The van der Waals surface area contributed by atoms with Crippen molar-refractivity contribution in [2.75, 3.05) is 29.5 Å². The van der Waals surface area contributed by atoms with Crippen LogP contribution in [-0.2, 0) is 23.1 Å². The van der Waals surface area contributed by atoms with E-state index in [1.807, 2.05) is 22.8 Å². The van der Waals surface area contributed by atoms with Gasteiger partial charge in [0.15, 0.2) is 11.5 Å². The number of fused-ring (bicyclic) bond motifs is 5. The average Bonchev–Trinajstić information content (AvgIpc) is 3.48. The first kappa shape index (κ1) is 28.3. The van der Waals surface area contributed by atoms with E-state index in [9.17, 15) is 18.0 Å².